The van der Waals surface area contributed by atoms with Crippen LogP contribution in [0, 0.1) is 0 Å². The quantitative estimate of drug-likeness (QED) is 0.708. The number of hydrogen-bond donors (Lipinski definition) is 0. The van der Waals surface area contributed by atoms with Gasteiger partial charge in [-0.05, 0) is 25.3 Å². The van der Waals surface area contributed by atoms with Gasteiger partial charge in [0, 0.05) is 63.0 Å². The normalized spacial score (nSPS) is 20.3. The predicted molar refractivity (Wildman–Crippen MR) is 121 cm³/mol. The number of nitrogens with zero attached hydrogens (tertiary/aromatic N) is 5. The van der Waals surface area contributed by atoms with Gasteiger partial charge in [0.2, 0.25) is 0 Å². The Kier molecular flexibility index (Phi) is 5.96. The number of piperazine rings is 1. The molecule has 0 radical (unpaired) electrons. The first-order valence-corrected chi connectivity index (χ1v) is 11.5. The van der Waals surface area contributed by atoms with E-state index in [1.807, 2.05) is 12.1 Å². The number of aromatic nitrogens is 2. The number of para-hydroxylation sites is 1. The van der Waals surface area contributed by atoms with Crippen molar-refractivity contribution in [3.05, 3.63) is 41.3 Å². The smallest absolute Gasteiger partial charge is 0.165 e. The molecule has 1 aromatic carbocycles. The second-order valence-electron chi connectivity index (χ2n) is 8.84. The number of hydrogen-bond acceptors (Lipinski definition) is 7. The third kappa shape index (κ3) is 4.08. The Hall–Kier alpha value is -2.38. The lowest BCUT2D eigenvalue weighted by Crippen LogP contribution is -2.52. The maximum atomic E-state index is 5.63. The third-order valence-corrected chi connectivity index (χ3v) is 7.15. The molecule has 1 aromatic heterocycles. The number of anilines is 1. The molecule has 2 fully saturated rings. The molecule has 7 heteroatoms. The topological polar surface area (TPSA) is 54.0 Å². The van der Waals surface area contributed by atoms with Crippen molar-refractivity contribution in [1.82, 2.24) is 19.8 Å². The first kappa shape index (κ1) is 20.5. The number of rotatable bonds is 6. The molecule has 166 valence electrons. The van der Waals surface area contributed by atoms with Gasteiger partial charge >= 0.3 is 0 Å². The highest BCUT2D eigenvalue weighted by atomic mass is 16.5. The summed E-state index contributed by atoms with van der Waals surface area (Å²) in [7, 11) is 3.39. The van der Waals surface area contributed by atoms with E-state index in [1.165, 1.54) is 30.5 Å². The van der Waals surface area contributed by atoms with E-state index in [0.29, 0.717) is 0 Å². The van der Waals surface area contributed by atoms with E-state index >= 15 is 0 Å². The van der Waals surface area contributed by atoms with Crippen LogP contribution in [0.3, 0.4) is 0 Å². The van der Waals surface area contributed by atoms with Crippen molar-refractivity contribution < 1.29 is 9.47 Å². The van der Waals surface area contributed by atoms with Crippen LogP contribution in [0.2, 0.25) is 0 Å². The molecule has 2 aliphatic heterocycles. The van der Waals surface area contributed by atoms with Gasteiger partial charge in [-0.15, -0.1) is 0 Å². The van der Waals surface area contributed by atoms with Gasteiger partial charge in [0.15, 0.2) is 11.5 Å². The number of fused-ring (bicyclic) bond motifs is 1. The standard InChI is InChI=1S/C24H33N5O2/c1-30-22-8-3-5-18(23(22)31-2)15-27-10-9-20-21(16-27)25-17-26-24(20)29-13-11-28(12-14-29)19-6-4-7-19/h3,5,8,17,19H,4,6-7,9-16H2,1-2H3. The van der Waals surface area contributed by atoms with Crippen molar-refractivity contribution in [1.29, 1.82) is 0 Å². The van der Waals surface area contributed by atoms with Crippen LogP contribution in [0.4, 0.5) is 5.82 Å². The fourth-order valence-electron chi connectivity index (χ4n) is 5.17. The van der Waals surface area contributed by atoms with E-state index in [9.17, 15) is 0 Å². The van der Waals surface area contributed by atoms with Crippen LogP contribution in [0.5, 0.6) is 11.5 Å². The van der Waals surface area contributed by atoms with E-state index in [2.05, 4.69) is 25.8 Å². The average Bonchev–Trinajstić information content (AvgIpc) is 2.78. The van der Waals surface area contributed by atoms with Crippen LogP contribution >= 0.6 is 0 Å². The van der Waals surface area contributed by atoms with Gasteiger partial charge in [0.25, 0.3) is 0 Å². The van der Waals surface area contributed by atoms with Crippen molar-refractivity contribution in [3.8, 4) is 11.5 Å². The van der Waals surface area contributed by atoms with Crippen molar-refractivity contribution in [2.75, 3.05) is 51.8 Å². The molecule has 0 unspecified atom stereocenters. The van der Waals surface area contributed by atoms with Crippen molar-refractivity contribution in [3.63, 3.8) is 0 Å². The molecular formula is C24H33N5O2. The van der Waals surface area contributed by atoms with Gasteiger partial charge in [-0.3, -0.25) is 9.80 Å². The number of ether oxygens (including phenoxy) is 2. The van der Waals surface area contributed by atoms with Crippen LogP contribution in [0.1, 0.15) is 36.1 Å². The van der Waals surface area contributed by atoms with Crippen LogP contribution in [-0.2, 0) is 19.5 Å². The molecule has 3 aliphatic rings. The lowest BCUT2D eigenvalue weighted by Gasteiger charge is -2.43. The maximum Gasteiger partial charge on any atom is 0.165 e. The Balaban J connectivity index is 1.27. The largest absolute Gasteiger partial charge is 0.493 e. The molecule has 1 aliphatic carbocycles. The summed E-state index contributed by atoms with van der Waals surface area (Å²) in [6, 6.07) is 6.92. The fraction of sp³-hybridized carbons (Fsp3) is 0.583. The highest BCUT2D eigenvalue weighted by molar-refractivity contribution is 5.50. The van der Waals surface area contributed by atoms with E-state index in [4.69, 9.17) is 14.5 Å². The van der Waals surface area contributed by atoms with Crippen molar-refractivity contribution >= 4 is 5.82 Å². The minimum absolute atomic E-state index is 0.781. The van der Waals surface area contributed by atoms with Crippen LogP contribution < -0.4 is 14.4 Å². The first-order valence-electron chi connectivity index (χ1n) is 11.5. The monoisotopic (exact) mass is 423 g/mol. The highest BCUT2D eigenvalue weighted by Crippen LogP contribution is 2.33. The minimum Gasteiger partial charge on any atom is -0.493 e. The Morgan fingerprint density at radius 2 is 1.84 bits per heavy atom. The summed E-state index contributed by atoms with van der Waals surface area (Å²) >= 11 is 0. The van der Waals surface area contributed by atoms with E-state index < -0.39 is 0 Å². The predicted octanol–water partition coefficient (Wildman–Crippen LogP) is 2.73. The van der Waals surface area contributed by atoms with Crippen molar-refractivity contribution in [2.45, 2.75) is 44.8 Å². The van der Waals surface area contributed by atoms with Crippen molar-refractivity contribution in [2.24, 2.45) is 0 Å². The molecular weight excluding hydrogens is 390 g/mol. The molecule has 1 saturated carbocycles. The van der Waals surface area contributed by atoms with Gasteiger partial charge in [-0.2, -0.15) is 0 Å². The third-order valence-electron chi connectivity index (χ3n) is 7.15. The molecule has 31 heavy (non-hydrogen) atoms. The summed E-state index contributed by atoms with van der Waals surface area (Å²) in [6.07, 6.45) is 6.92. The second-order valence-corrected chi connectivity index (χ2v) is 8.84. The Bertz CT molecular complexity index is 909. The van der Waals surface area contributed by atoms with Gasteiger partial charge < -0.3 is 14.4 Å². The zero-order chi connectivity index (χ0) is 21.2. The van der Waals surface area contributed by atoms with Gasteiger partial charge in [0.1, 0.15) is 12.1 Å². The molecule has 2 aromatic rings. The fourth-order valence-corrected chi connectivity index (χ4v) is 5.17. The molecule has 3 heterocycles. The molecule has 5 rings (SSSR count). The second kappa shape index (κ2) is 9.01. The number of benzene rings is 1. The lowest BCUT2D eigenvalue weighted by atomic mass is 9.91. The highest BCUT2D eigenvalue weighted by Gasteiger charge is 2.30. The zero-order valence-corrected chi connectivity index (χ0v) is 18.7. The Morgan fingerprint density at radius 3 is 2.55 bits per heavy atom. The van der Waals surface area contributed by atoms with Gasteiger partial charge in [0.05, 0.1) is 19.9 Å². The van der Waals surface area contributed by atoms with E-state index in [-0.39, 0.29) is 0 Å². The van der Waals surface area contributed by atoms with Gasteiger partial charge in [-0.1, -0.05) is 18.6 Å². The zero-order valence-electron chi connectivity index (χ0n) is 18.7. The Morgan fingerprint density at radius 1 is 1.00 bits per heavy atom. The SMILES string of the molecule is COc1cccc(CN2CCc3c(ncnc3N3CCN(C4CCC4)CC3)C2)c1OC. The number of methoxy groups -OCH3 is 2. The molecule has 0 bridgehead atoms. The van der Waals surface area contributed by atoms with E-state index in [0.717, 1.165) is 81.2 Å². The molecule has 0 atom stereocenters. The average molecular weight is 424 g/mol. The molecule has 0 amide bonds. The molecule has 0 N–H and O–H groups in total. The molecule has 0 spiro atoms. The van der Waals surface area contributed by atoms with Gasteiger partial charge in [-0.25, -0.2) is 9.97 Å². The summed E-state index contributed by atoms with van der Waals surface area (Å²) in [4.78, 5) is 17.0. The summed E-state index contributed by atoms with van der Waals surface area (Å²) in [5.41, 5.74) is 3.65. The summed E-state index contributed by atoms with van der Waals surface area (Å²) < 4.78 is 11.1. The van der Waals surface area contributed by atoms with E-state index in [1.54, 1.807) is 20.5 Å². The van der Waals surface area contributed by atoms with Crippen LogP contribution in [0.15, 0.2) is 24.5 Å². The van der Waals surface area contributed by atoms with Crippen LogP contribution in [-0.4, -0.2) is 72.8 Å². The lowest BCUT2D eigenvalue weighted by molar-refractivity contribution is 0.120. The molecule has 1 saturated heterocycles. The maximum absolute atomic E-state index is 5.63. The first-order chi connectivity index (χ1) is 15.3. The molecule has 7 nitrogen and oxygen atoms in total. The van der Waals surface area contributed by atoms with Crippen LogP contribution in [0.25, 0.3) is 0 Å². The summed E-state index contributed by atoms with van der Waals surface area (Å²) in [5.74, 6) is 2.77. The summed E-state index contributed by atoms with van der Waals surface area (Å²) in [6.45, 7) is 7.12. The summed E-state index contributed by atoms with van der Waals surface area (Å²) in [5, 5.41) is 0. The minimum atomic E-state index is 0.781. The Labute approximate surface area is 185 Å².